The second kappa shape index (κ2) is 7.09. The lowest BCUT2D eigenvalue weighted by Crippen LogP contribution is -2.46. The van der Waals surface area contributed by atoms with Gasteiger partial charge in [-0.25, -0.2) is 13.1 Å². The third kappa shape index (κ3) is 3.90. The first kappa shape index (κ1) is 17.2. The number of likely N-dealkylation sites (tertiary alicyclic amines) is 1. The van der Waals surface area contributed by atoms with Crippen LogP contribution >= 0.6 is 0 Å². The van der Waals surface area contributed by atoms with E-state index in [0.29, 0.717) is 31.5 Å². The van der Waals surface area contributed by atoms with E-state index in [1.54, 1.807) is 17.0 Å². The van der Waals surface area contributed by atoms with Gasteiger partial charge < -0.3 is 9.32 Å². The van der Waals surface area contributed by atoms with Gasteiger partial charge in [-0.1, -0.05) is 0 Å². The molecular formula is C17H17N3O4S. The number of hydrogen-bond acceptors (Lipinski definition) is 5. The smallest absolute Gasteiger partial charge is 0.289 e. The summed E-state index contributed by atoms with van der Waals surface area (Å²) < 4.78 is 32.6. The van der Waals surface area contributed by atoms with Crippen molar-refractivity contribution >= 4 is 15.9 Å². The molecule has 1 saturated heterocycles. The lowest BCUT2D eigenvalue weighted by Gasteiger charge is -2.31. The van der Waals surface area contributed by atoms with E-state index in [1.807, 2.05) is 6.07 Å². The zero-order chi connectivity index (χ0) is 17.9. The average molecular weight is 359 g/mol. The van der Waals surface area contributed by atoms with Gasteiger partial charge in [-0.05, 0) is 49.2 Å². The molecule has 0 saturated carbocycles. The van der Waals surface area contributed by atoms with E-state index in [0.717, 1.165) is 0 Å². The van der Waals surface area contributed by atoms with Gasteiger partial charge in [0.15, 0.2) is 5.76 Å². The molecule has 1 aromatic carbocycles. The first-order valence-electron chi connectivity index (χ1n) is 7.85. The van der Waals surface area contributed by atoms with Gasteiger partial charge in [0.2, 0.25) is 10.0 Å². The molecule has 1 aliphatic heterocycles. The molecule has 1 aromatic heterocycles. The third-order valence-corrected chi connectivity index (χ3v) is 5.67. The maximum atomic E-state index is 12.4. The van der Waals surface area contributed by atoms with Crippen LogP contribution in [0.2, 0.25) is 0 Å². The van der Waals surface area contributed by atoms with E-state index < -0.39 is 10.0 Å². The summed E-state index contributed by atoms with van der Waals surface area (Å²) >= 11 is 0. The molecule has 0 bridgehead atoms. The third-order valence-electron chi connectivity index (χ3n) is 4.13. The van der Waals surface area contributed by atoms with Crippen molar-refractivity contribution in [3.8, 4) is 6.07 Å². The average Bonchev–Trinajstić information content (AvgIpc) is 3.16. The number of nitrogens with one attached hydrogen (secondary N) is 1. The Morgan fingerprint density at radius 3 is 2.44 bits per heavy atom. The van der Waals surface area contributed by atoms with Crippen molar-refractivity contribution in [3.63, 3.8) is 0 Å². The molecular weight excluding hydrogens is 342 g/mol. The number of amides is 1. The Morgan fingerprint density at radius 1 is 1.20 bits per heavy atom. The highest BCUT2D eigenvalue weighted by Crippen LogP contribution is 2.17. The van der Waals surface area contributed by atoms with E-state index in [4.69, 9.17) is 9.68 Å². The first-order chi connectivity index (χ1) is 12.0. The molecule has 2 heterocycles. The predicted octanol–water partition coefficient (Wildman–Crippen LogP) is 1.73. The van der Waals surface area contributed by atoms with E-state index in [2.05, 4.69) is 4.72 Å². The molecule has 2 aromatic rings. The summed E-state index contributed by atoms with van der Waals surface area (Å²) in [7, 11) is -3.65. The Balaban J connectivity index is 1.59. The standard InChI is InChI=1S/C17H17N3O4S/c18-12-13-3-5-15(6-4-13)25(22,23)19-14-7-9-20(10-8-14)17(21)16-2-1-11-24-16/h1-6,11,14,19H,7-10H2. The van der Waals surface area contributed by atoms with Crippen LogP contribution < -0.4 is 4.72 Å². The van der Waals surface area contributed by atoms with E-state index in [-0.39, 0.29) is 22.6 Å². The monoisotopic (exact) mass is 359 g/mol. The Bertz CT molecular complexity index is 875. The van der Waals surface area contributed by atoms with Crippen LogP contribution in [0.4, 0.5) is 0 Å². The summed E-state index contributed by atoms with van der Waals surface area (Å²) in [6.07, 6.45) is 2.51. The lowest BCUT2D eigenvalue weighted by atomic mass is 10.1. The summed E-state index contributed by atoms with van der Waals surface area (Å²) in [5, 5.41) is 8.78. The van der Waals surface area contributed by atoms with Crippen LogP contribution in [-0.4, -0.2) is 38.4 Å². The number of nitrogens with zero attached hydrogens (tertiary/aromatic N) is 2. The zero-order valence-corrected chi connectivity index (χ0v) is 14.2. The molecule has 1 aliphatic rings. The highest BCUT2D eigenvalue weighted by molar-refractivity contribution is 7.89. The van der Waals surface area contributed by atoms with E-state index >= 15 is 0 Å². The summed E-state index contributed by atoms with van der Waals surface area (Å²) in [4.78, 5) is 14.0. The summed E-state index contributed by atoms with van der Waals surface area (Å²) in [6.45, 7) is 0.917. The summed E-state index contributed by atoms with van der Waals surface area (Å²) in [5.41, 5.74) is 0.406. The van der Waals surface area contributed by atoms with Crippen LogP contribution in [0.5, 0.6) is 0 Å². The SMILES string of the molecule is N#Cc1ccc(S(=O)(=O)NC2CCN(C(=O)c3ccco3)CC2)cc1. The second-order valence-electron chi connectivity index (χ2n) is 5.80. The van der Waals surface area contributed by atoms with Gasteiger partial charge in [0.25, 0.3) is 5.91 Å². The highest BCUT2D eigenvalue weighted by Gasteiger charge is 2.28. The molecule has 0 aliphatic carbocycles. The van der Waals surface area contributed by atoms with Crippen molar-refractivity contribution in [2.75, 3.05) is 13.1 Å². The largest absolute Gasteiger partial charge is 0.459 e. The van der Waals surface area contributed by atoms with E-state index in [1.165, 1.54) is 30.5 Å². The van der Waals surface area contributed by atoms with Crippen LogP contribution in [-0.2, 0) is 10.0 Å². The van der Waals surface area contributed by atoms with Crippen LogP contribution in [0.3, 0.4) is 0 Å². The molecule has 1 amide bonds. The van der Waals surface area contributed by atoms with Crippen molar-refractivity contribution in [3.05, 3.63) is 54.0 Å². The van der Waals surface area contributed by atoms with Crippen LogP contribution in [0.15, 0.2) is 52.0 Å². The summed E-state index contributed by atoms with van der Waals surface area (Å²) in [5.74, 6) is 0.106. The van der Waals surface area contributed by atoms with Gasteiger partial charge in [0.1, 0.15) is 0 Å². The Kier molecular flexibility index (Phi) is 4.88. The zero-order valence-electron chi connectivity index (χ0n) is 13.4. The molecule has 3 rings (SSSR count). The van der Waals surface area contributed by atoms with Crippen molar-refractivity contribution in [2.24, 2.45) is 0 Å². The molecule has 7 nitrogen and oxygen atoms in total. The molecule has 8 heteroatoms. The van der Waals surface area contributed by atoms with Crippen LogP contribution in [0, 0.1) is 11.3 Å². The molecule has 0 atom stereocenters. The van der Waals surface area contributed by atoms with Crippen molar-refractivity contribution < 1.29 is 17.6 Å². The number of carbonyl (C=O) groups is 1. The second-order valence-corrected chi connectivity index (χ2v) is 7.52. The molecule has 130 valence electrons. The number of hydrogen-bond donors (Lipinski definition) is 1. The fourth-order valence-corrected chi connectivity index (χ4v) is 4.06. The first-order valence-corrected chi connectivity index (χ1v) is 9.33. The van der Waals surface area contributed by atoms with Gasteiger partial charge in [-0.2, -0.15) is 5.26 Å². The van der Waals surface area contributed by atoms with Crippen molar-refractivity contribution in [1.29, 1.82) is 5.26 Å². The maximum absolute atomic E-state index is 12.4. The van der Waals surface area contributed by atoms with Gasteiger partial charge in [0, 0.05) is 19.1 Å². The minimum absolute atomic E-state index is 0.126. The Hall–Kier alpha value is -2.63. The maximum Gasteiger partial charge on any atom is 0.289 e. The quantitative estimate of drug-likeness (QED) is 0.895. The predicted molar refractivity (Wildman–Crippen MR) is 89.1 cm³/mol. The summed E-state index contributed by atoms with van der Waals surface area (Å²) in [6, 6.07) is 10.8. The fourth-order valence-electron chi connectivity index (χ4n) is 2.75. The van der Waals surface area contributed by atoms with Gasteiger partial charge >= 0.3 is 0 Å². The normalized spacial score (nSPS) is 15.7. The van der Waals surface area contributed by atoms with Crippen LogP contribution in [0.25, 0.3) is 0 Å². The Morgan fingerprint density at radius 2 is 1.88 bits per heavy atom. The minimum Gasteiger partial charge on any atom is -0.459 e. The number of sulfonamides is 1. The van der Waals surface area contributed by atoms with Gasteiger partial charge in [0.05, 0.1) is 22.8 Å². The molecule has 0 unspecified atom stereocenters. The molecule has 1 fully saturated rings. The number of nitriles is 1. The number of piperidine rings is 1. The van der Waals surface area contributed by atoms with Crippen LogP contribution in [0.1, 0.15) is 29.0 Å². The highest BCUT2D eigenvalue weighted by atomic mass is 32.2. The Labute approximate surface area is 145 Å². The number of carbonyl (C=O) groups excluding carboxylic acids is 1. The molecule has 0 radical (unpaired) electrons. The molecule has 0 spiro atoms. The van der Waals surface area contributed by atoms with Crippen molar-refractivity contribution in [1.82, 2.24) is 9.62 Å². The van der Waals surface area contributed by atoms with E-state index in [9.17, 15) is 13.2 Å². The minimum atomic E-state index is -3.65. The fraction of sp³-hybridized carbons (Fsp3) is 0.294. The van der Waals surface area contributed by atoms with Crippen molar-refractivity contribution in [2.45, 2.75) is 23.8 Å². The molecule has 25 heavy (non-hydrogen) atoms. The number of benzene rings is 1. The molecule has 1 N–H and O–H groups in total. The lowest BCUT2D eigenvalue weighted by molar-refractivity contribution is 0.0679. The topological polar surface area (TPSA) is 103 Å². The van der Waals surface area contributed by atoms with Gasteiger partial charge in [-0.15, -0.1) is 0 Å². The number of furan rings is 1. The van der Waals surface area contributed by atoms with Gasteiger partial charge in [-0.3, -0.25) is 4.79 Å². The number of rotatable bonds is 4.